The number of carbonyl (C=O) groups excluding carboxylic acids is 4. The summed E-state index contributed by atoms with van der Waals surface area (Å²) in [5.74, 6) is -0.861. The van der Waals surface area contributed by atoms with Crippen LogP contribution in [0.1, 0.15) is 135 Å². The Morgan fingerprint density at radius 3 is 1.00 bits per heavy atom. The molecule has 0 radical (unpaired) electrons. The fourth-order valence-electron chi connectivity index (χ4n) is 7.00. The molecule has 0 bridgehead atoms. The number of rotatable bonds is 29. The van der Waals surface area contributed by atoms with Gasteiger partial charge in [-0.2, -0.15) is 0 Å². The number of nitrogens with zero attached hydrogens (tertiary/aromatic N) is 2. The minimum atomic E-state index is -0.644. The molecule has 2 aromatic carbocycles. The van der Waals surface area contributed by atoms with E-state index in [-0.39, 0.29) is 23.6 Å². The van der Waals surface area contributed by atoms with Gasteiger partial charge in [0.2, 0.25) is 11.8 Å². The molecular formula is C48H64N6O4. The van der Waals surface area contributed by atoms with Gasteiger partial charge in [0.1, 0.15) is 12.1 Å². The summed E-state index contributed by atoms with van der Waals surface area (Å²) in [6, 6.07) is 24.8. The zero-order chi connectivity index (χ0) is 40.9. The number of amides is 4. The zero-order valence-electron chi connectivity index (χ0n) is 34.2. The minimum absolute atomic E-state index is 0.152. The summed E-state index contributed by atoms with van der Waals surface area (Å²) < 4.78 is 0. The molecule has 0 saturated carbocycles. The van der Waals surface area contributed by atoms with Gasteiger partial charge in [-0.05, 0) is 48.2 Å². The van der Waals surface area contributed by atoms with E-state index in [2.05, 4.69) is 31.2 Å². The third-order valence-corrected chi connectivity index (χ3v) is 10.4. The Morgan fingerprint density at radius 2 is 0.690 bits per heavy atom. The Morgan fingerprint density at radius 1 is 0.397 bits per heavy atom. The van der Waals surface area contributed by atoms with Gasteiger partial charge < -0.3 is 21.3 Å². The van der Waals surface area contributed by atoms with E-state index in [4.69, 9.17) is 0 Å². The Balaban J connectivity index is 0.943. The van der Waals surface area contributed by atoms with Gasteiger partial charge in [-0.25, -0.2) is 0 Å². The van der Waals surface area contributed by atoms with Crippen molar-refractivity contribution in [3.05, 3.63) is 132 Å². The summed E-state index contributed by atoms with van der Waals surface area (Å²) in [4.78, 5) is 59.6. The van der Waals surface area contributed by atoms with E-state index < -0.39 is 12.1 Å². The lowest BCUT2D eigenvalue weighted by atomic mass is 10.0. The van der Waals surface area contributed by atoms with Gasteiger partial charge in [-0.15, -0.1) is 0 Å². The number of hydrogen-bond acceptors (Lipinski definition) is 6. The molecule has 2 aromatic heterocycles. The van der Waals surface area contributed by atoms with Crippen molar-refractivity contribution in [2.24, 2.45) is 0 Å². The highest BCUT2D eigenvalue weighted by atomic mass is 16.2. The Hall–Kier alpha value is -5.38. The SMILES string of the molecule is O=C(N[C@@H](Cc1ccccc1)C(=O)NCCCCCCCCCCCCCCCCCCNC(=O)[C@H](Cc1ccccc1)NC(=O)c1ccncc1)c1ccncc1. The van der Waals surface area contributed by atoms with Crippen molar-refractivity contribution in [2.75, 3.05) is 13.1 Å². The Kier molecular flexibility index (Phi) is 22.0. The van der Waals surface area contributed by atoms with Gasteiger partial charge in [0.25, 0.3) is 11.8 Å². The molecule has 10 nitrogen and oxygen atoms in total. The summed E-state index contributed by atoms with van der Waals surface area (Å²) in [6.45, 7) is 1.22. The highest BCUT2D eigenvalue weighted by Gasteiger charge is 2.23. The molecule has 4 N–H and O–H groups in total. The third-order valence-electron chi connectivity index (χ3n) is 10.4. The number of benzene rings is 2. The molecule has 4 amide bonds. The summed E-state index contributed by atoms with van der Waals surface area (Å²) >= 11 is 0. The molecule has 4 rings (SSSR count). The summed E-state index contributed by atoms with van der Waals surface area (Å²) in [5.41, 5.74) is 2.97. The van der Waals surface area contributed by atoms with Crippen LogP contribution in [0.3, 0.4) is 0 Å². The number of unbranched alkanes of at least 4 members (excludes halogenated alkanes) is 15. The molecule has 310 valence electrons. The fraction of sp³-hybridized carbons (Fsp3) is 0.458. The first kappa shape index (κ1) is 45.3. The lowest BCUT2D eigenvalue weighted by molar-refractivity contribution is -0.123. The monoisotopic (exact) mass is 788 g/mol. The van der Waals surface area contributed by atoms with Gasteiger partial charge in [0.15, 0.2) is 0 Å². The van der Waals surface area contributed by atoms with Crippen LogP contribution in [-0.4, -0.2) is 58.8 Å². The minimum Gasteiger partial charge on any atom is -0.354 e. The maximum absolute atomic E-state index is 13.1. The molecule has 0 spiro atoms. The van der Waals surface area contributed by atoms with Crippen LogP contribution in [0.2, 0.25) is 0 Å². The van der Waals surface area contributed by atoms with Gasteiger partial charge in [-0.3, -0.25) is 29.1 Å². The van der Waals surface area contributed by atoms with E-state index in [1.54, 1.807) is 49.1 Å². The molecule has 0 aliphatic rings. The van der Waals surface area contributed by atoms with Crippen LogP contribution in [0.15, 0.2) is 110 Å². The molecule has 0 aliphatic carbocycles. The van der Waals surface area contributed by atoms with Crippen molar-refractivity contribution in [2.45, 2.75) is 128 Å². The van der Waals surface area contributed by atoms with Crippen LogP contribution in [0.25, 0.3) is 0 Å². The van der Waals surface area contributed by atoms with Crippen LogP contribution in [0.5, 0.6) is 0 Å². The first-order valence-corrected chi connectivity index (χ1v) is 21.5. The summed E-state index contributed by atoms with van der Waals surface area (Å²) in [5, 5.41) is 11.9. The van der Waals surface area contributed by atoms with E-state index >= 15 is 0 Å². The first-order chi connectivity index (χ1) is 28.5. The average Bonchev–Trinajstić information content (AvgIpc) is 3.26. The second kappa shape index (κ2) is 28.1. The van der Waals surface area contributed by atoms with Gasteiger partial charge in [-0.1, -0.05) is 151 Å². The number of hydrogen-bond donors (Lipinski definition) is 4. The topological polar surface area (TPSA) is 142 Å². The number of aromatic nitrogens is 2. The smallest absolute Gasteiger partial charge is 0.252 e. The molecular weight excluding hydrogens is 725 g/mol. The molecule has 58 heavy (non-hydrogen) atoms. The molecule has 0 fully saturated rings. The van der Waals surface area contributed by atoms with Crippen LogP contribution in [0, 0.1) is 0 Å². The first-order valence-electron chi connectivity index (χ1n) is 21.5. The van der Waals surface area contributed by atoms with Gasteiger partial charge in [0, 0.05) is 61.8 Å². The largest absolute Gasteiger partial charge is 0.354 e. The molecule has 0 saturated heterocycles. The van der Waals surface area contributed by atoms with Crippen molar-refractivity contribution in [3.63, 3.8) is 0 Å². The van der Waals surface area contributed by atoms with Crippen molar-refractivity contribution >= 4 is 23.6 Å². The maximum atomic E-state index is 13.1. The quantitative estimate of drug-likeness (QED) is 0.0408. The van der Waals surface area contributed by atoms with Crippen molar-refractivity contribution in [1.82, 2.24) is 31.2 Å². The molecule has 0 unspecified atom stereocenters. The number of nitrogens with one attached hydrogen (secondary N) is 4. The van der Waals surface area contributed by atoms with Crippen LogP contribution in [-0.2, 0) is 22.4 Å². The van der Waals surface area contributed by atoms with Gasteiger partial charge >= 0.3 is 0 Å². The summed E-state index contributed by atoms with van der Waals surface area (Å²) in [6.07, 6.45) is 26.3. The van der Waals surface area contributed by atoms with E-state index in [1.165, 1.54) is 77.0 Å². The Labute approximate surface area is 345 Å². The second-order valence-corrected chi connectivity index (χ2v) is 15.1. The fourth-order valence-corrected chi connectivity index (χ4v) is 7.00. The molecule has 10 heteroatoms. The zero-order valence-corrected chi connectivity index (χ0v) is 34.2. The van der Waals surface area contributed by atoms with E-state index in [0.29, 0.717) is 37.1 Å². The normalized spacial score (nSPS) is 11.9. The lowest BCUT2D eigenvalue weighted by Gasteiger charge is -2.19. The summed E-state index contributed by atoms with van der Waals surface area (Å²) in [7, 11) is 0. The predicted molar refractivity (Wildman–Crippen MR) is 231 cm³/mol. The molecule has 0 aliphatic heterocycles. The van der Waals surface area contributed by atoms with E-state index in [9.17, 15) is 19.2 Å². The standard InChI is InChI=1S/C48H64N6O4/c55-45(41-27-33-49-34-28-41)53-43(37-39-23-17-15-18-24-39)47(57)51-31-21-13-11-9-7-5-3-1-2-4-6-8-10-12-14-22-32-52-48(58)44(38-40-25-19-16-20-26-40)54-46(56)42-29-35-50-36-30-42/h15-20,23-30,33-36,43-44H,1-14,21-22,31-32,37-38H2,(H,51,57)(H,52,58)(H,53,55)(H,54,56)/t43-,44-/m0/s1. The lowest BCUT2D eigenvalue weighted by Crippen LogP contribution is -2.48. The Bertz CT molecular complexity index is 1600. The van der Waals surface area contributed by atoms with Crippen molar-refractivity contribution < 1.29 is 19.2 Å². The average molecular weight is 789 g/mol. The maximum Gasteiger partial charge on any atom is 0.252 e. The van der Waals surface area contributed by atoms with Gasteiger partial charge in [0.05, 0.1) is 0 Å². The third kappa shape index (κ3) is 18.7. The van der Waals surface area contributed by atoms with Crippen molar-refractivity contribution in [1.29, 1.82) is 0 Å². The predicted octanol–water partition coefficient (Wildman–Crippen LogP) is 8.33. The van der Waals surface area contributed by atoms with Crippen LogP contribution >= 0.6 is 0 Å². The molecule has 4 aromatic rings. The highest BCUT2D eigenvalue weighted by molar-refractivity contribution is 5.98. The van der Waals surface area contributed by atoms with E-state index in [0.717, 1.165) is 36.8 Å². The van der Waals surface area contributed by atoms with Crippen LogP contribution < -0.4 is 21.3 Å². The number of pyridine rings is 2. The molecule has 2 heterocycles. The second-order valence-electron chi connectivity index (χ2n) is 15.1. The molecule has 2 atom stereocenters. The van der Waals surface area contributed by atoms with Crippen molar-refractivity contribution in [3.8, 4) is 0 Å². The highest BCUT2D eigenvalue weighted by Crippen LogP contribution is 2.14. The van der Waals surface area contributed by atoms with Crippen LogP contribution in [0.4, 0.5) is 0 Å². The number of carbonyl (C=O) groups is 4. The van der Waals surface area contributed by atoms with E-state index in [1.807, 2.05) is 60.7 Å².